The van der Waals surface area contributed by atoms with Gasteiger partial charge in [0.2, 0.25) is 0 Å². The van der Waals surface area contributed by atoms with Crippen molar-refractivity contribution in [3.63, 3.8) is 0 Å². The minimum absolute atomic E-state index is 0.343. The lowest BCUT2D eigenvalue weighted by molar-refractivity contribution is 0.123. The average molecular weight is 257 g/mol. The summed E-state index contributed by atoms with van der Waals surface area (Å²) in [6, 6.07) is 7.77. The van der Waals surface area contributed by atoms with Crippen molar-refractivity contribution >= 4 is 15.9 Å². The van der Waals surface area contributed by atoms with E-state index in [1.165, 1.54) is 0 Å². The van der Waals surface area contributed by atoms with Crippen LogP contribution in [0.3, 0.4) is 0 Å². The zero-order valence-corrected chi connectivity index (χ0v) is 9.66. The molecule has 1 fully saturated rings. The maximum absolute atomic E-state index is 5.79. The first-order chi connectivity index (χ1) is 6.79. The van der Waals surface area contributed by atoms with Crippen molar-refractivity contribution in [2.75, 3.05) is 7.11 Å². The van der Waals surface area contributed by atoms with Gasteiger partial charge in [-0.2, -0.15) is 0 Å². The molecule has 1 saturated carbocycles. The van der Waals surface area contributed by atoms with E-state index in [4.69, 9.17) is 9.47 Å². The Bertz CT molecular complexity index is 308. The van der Waals surface area contributed by atoms with Crippen molar-refractivity contribution < 1.29 is 9.47 Å². The second-order valence-corrected chi connectivity index (χ2v) is 4.75. The second-order valence-electron chi connectivity index (χ2n) is 3.46. The van der Waals surface area contributed by atoms with Gasteiger partial charge < -0.3 is 9.47 Å². The molecule has 0 atom stereocenters. The Kier molecular flexibility index (Phi) is 2.96. The van der Waals surface area contributed by atoms with Crippen molar-refractivity contribution in [2.24, 2.45) is 0 Å². The fourth-order valence-corrected chi connectivity index (χ4v) is 2.33. The molecule has 0 spiro atoms. The summed E-state index contributed by atoms with van der Waals surface area (Å²) in [5, 5.41) is 0. The number of benzene rings is 1. The predicted molar refractivity (Wildman–Crippen MR) is 59.4 cm³/mol. The van der Waals surface area contributed by atoms with Gasteiger partial charge in [0.05, 0.1) is 7.11 Å². The molecule has 1 aromatic carbocycles. The highest BCUT2D eigenvalue weighted by molar-refractivity contribution is 9.09. The van der Waals surface area contributed by atoms with Crippen LogP contribution >= 0.6 is 15.9 Å². The molecule has 0 unspecified atom stereocenters. The van der Waals surface area contributed by atoms with Gasteiger partial charge in [-0.05, 0) is 25.0 Å². The van der Waals surface area contributed by atoms with Crippen LogP contribution in [0, 0.1) is 0 Å². The highest BCUT2D eigenvalue weighted by Gasteiger charge is 2.29. The van der Waals surface area contributed by atoms with Crippen LogP contribution in [0.15, 0.2) is 24.3 Å². The van der Waals surface area contributed by atoms with Crippen molar-refractivity contribution in [2.45, 2.75) is 23.8 Å². The molecule has 2 rings (SSSR count). The van der Waals surface area contributed by atoms with Crippen LogP contribution in [0.4, 0.5) is 0 Å². The Balaban J connectivity index is 2.01. The molecule has 3 heteroatoms. The Morgan fingerprint density at radius 2 is 1.86 bits per heavy atom. The van der Waals surface area contributed by atoms with Crippen molar-refractivity contribution in [1.29, 1.82) is 0 Å². The van der Waals surface area contributed by atoms with E-state index in [1.54, 1.807) is 7.11 Å². The Morgan fingerprint density at radius 1 is 1.21 bits per heavy atom. The fraction of sp³-hybridized carbons (Fsp3) is 0.455. The molecule has 0 aromatic heterocycles. The third-order valence-electron chi connectivity index (χ3n) is 2.40. The molecule has 1 aromatic rings. The second kappa shape index (κ2) is 4.22. The molecule has 0 bridgehead atoms. The van der Waals surface area contributed by atoms with Crippen LogP contribution in [0.2, 0.25) is 0 Å². The van der Waals surface area contributed by atoms with Crippen LogP contribution in [0.25, 0.3) is 0 Å². The lowest BCUT2D eigenvalue weighted by Gasteiger charge is -2.31. The Labute approximate surface area is 92.3 Å². The molecule has 0 amide bonds. The van der Waals surface area contributed by atoms with Gasteiger partial charge >= 0.3 is 0 Å². The van der Waals surface area contributed by atoms with Gasteiger partial charge in [-0.3, -0.25) is 0 Å². The summed E-state index contributed by atoms with van der Waals surface area (Å²) in [6.07, 6.45) is 2.51. The molecular formula is C11H13BrO2. The first-order valence-corrected chi connectivity index (χ1v) is 5.65. The summed E-state index contributed by atoms with van der Waals surface area (Å²) in [4.78, 5) is 0.627. The van der Waals surface area contributed by atoms with Gasteiger partial charge in [-0.15, -0.1) is 0 Å². The number of methoxy groups -OCH3 is 1. The molecule has 76 valence electrons. The normalized spacial score (nSPS) is 25.3. The number of hydrogen-bond donors (Lipinski definition) is 0. The number of ether oxygens (including phenoxy) is 2. The molecule has 0 aliphatic heterocycles. The lowest BCUT2D eigenvalue weighted by Crippen LogP contribution is -2.34. The molecule has 0 N–H and O–H groups in total. The van der Waals surface area contributed by atoms with Crippen LogP contribution in [0.5, 0.6) is 11.5 Å². The number of rotatable bonds is 3. The number of hydrogen-bond acceptors (Lipinski definition) is 2. The molecule has 0 saturated heterocycles. The lowest BCUT2D eigenvalue weighted by atomic mass is 9.96. The summed E-state index contributed by atoms with van der Waals surface area (Å²) in [5.74, 6) is 1.66. The SMILES string of the molecule is COc1ccccc1OC1CC(Br)C1. The van der Waals surface area contributed by atoms with Crippen LogP contribution in [0.1, 0.15) is 12.8 Å². The number of halogens is 1. The van der Waals surface area contributed by atoms with Crippen molar-refractivity contribution in [3.05, 3.63) is 24.3 Å². The third-order valence-corrected chi connectivity index (χ3v) is 3.15. The maximum atomic E-state index is 5.79. The first kappa shape index (κ1) is 9.84. The van der Waals surface area contributed by atoms with E-state index in [0.717, 1.165) is 24.3 Å². The molecular weight excluding hydrogens is 244 g/mol. The Morgan fingerprint density at radius 3 is 2.43 bits per heavy atom. The highest BCUT2D eigenvalue weighted by Crippen LogP contribution is 2.34. The standard InChI is InChI=1S/C11H13BrO2/c1-13-10-4-2-3-5-11(10)14-9-6-8(12)7-9/h2-5,8-9H,6-7H2,1H3. The topological polar surface area (TPSA) is 18.5 Å². The van der Waals surface area contributed by atoms with Crippen molar-refractivity contribution in [3.8, 4) is 11.5 Å². The molecule has 0 radical (unpaired) electrons. The van der Waals surface area contributed by atoms with Crippen LogP contribution in [-0.4, -0.2) is 18.0 Å². The molecule has 1 aliphatic carbocycles. The zero-order chi connectivity index (χ0) is 9.97. The summed E-state index contributed by atoms with van der Waals surface area (Å²) in [6.45, 7) is 0. The molecule has 2 nitrogen and oxygen atoms in total. The summed E-state index contributed by atoms with van der Waals surface area (Å²) < 4.78 is 11.0. The number of alkyl halides is 1. The maximum Gasteiger partial charge on any atom is 0.161 e. The third kappa shape index (κ3) is 2.03. The quantitative estimate of drug-likeness (QED) is 0.775. The van der Waals surface area contributed by atoms with Gasteiger partial charge in [-0.1, -0.05) is 28.1 Å². The van der Waals surface area contributed by atoms with Crippen LogP contribution in [-0.2, 0) is 0 Å². The largest absolute Gasteiger partial charge is 0.493 e. The van der Waals surface area contributed by atoms with Crippen LogP contribution < -0.4 is 9.47 Å². The minimum atomic E-state index is 0.343. The van der Waals surface area contributed by atoms with Gasteiger partial charge in [0.1, 0.15) is 6.10 Å². The summed E-state index contributed by atoms with van der Waals surface area (Å²) in [5.41, 5.74) is 0. The Hall–Kier alpha value is -0.700. The summed E-state index contributed by atoms with van der Waals surface area (Å²) in [7, 11) is 1.66. The van der Waals surface area contributed by atoms with Gasteiger partial charge in [0.15, 0.2) is 11.5 Å². The van der Waals surface area contributed by atoms with E-state index < -0.39 is 0 Å². The fourth-order valence-electron chi connectivity index (χ4n) is 1.49. The van der Waals surface area contributed by atoms with E-state index >= 15 is 0 Å². The molecule has 0 heterocycles. The van der Waals surface area contributed by atoms with E-state index in [9.17, 15) is 0 Å². The highest BCUT2D eigenvalue weighted by atomic mass is 79.9. The van der Waals surface area contributed by atoms with Gasteiger partial charge in [0.25, 0.3) is 0 Å². The monoisotopic (exact) mass is 256 g/mol. The van der Waals surface area contributed by atoms with E-state index in [2.05, 4.69) is 15.9 Å². The molecule has 14 heavy (non-hydrogen) atoms. The van der Waals surface area contributed by atoms with Crippen molar-refractivity contribution in [1.82, 2.24) is 0 Å². The predicted octanol–water partition coefficient (Wildman–Crippen LogP) is 3.00. The van der Waals surface area contributed by atoms with Gasteiger partial charge in [-0.25, -0.2) is 0 Å². The zero-order valence-electron chi connectivity index (χ0n) is 8.07. The first-order valence-electron chi connectivity index (χ1n) is 4.73. The van der Waals surface area contributed by atoms with Gasteiger partial charge in [0, 0.05) is 4.83 Å². The average Bonchev–Trinajstić information content (AvgIpc) is 2.16. The van der Waals surface area contributed by atoms with E-state index in [-0.39, 0.29) is 0 Å². The van der Waals surface area contributed by atoms with E-state index in [1.807, 2.05) is 24.3 Å². The smallest absolute Gasteiger partial charge is 0.161 e. The summed E-state index contributed by atoms with van der Waals surface area (Å²) >= 11 is 3.54. The molecule has 1 aliphatic rings. The van der Waals surface area contributed by atoms with E-state index in [0.29, 0.717) is 10.9 Å². The number of para-hydroxylation sites is 2. The minimum Gasteiger partial charge on any atom is -0.493 e.